The number of anilines is 1. The fourth-order valence-corrected chi connectivity index (χ4v) is 3.79. The van der Waals surface area contributed by atoms with E-state index in [4.69, 9.17) is 5.73 Å². The first kappa shape index (κ1) is 13.3. The Morgan fingerprint density at radius 2 is 2.17 bits per heavy atom. The van der Waals surface area contributed by atoms with Crippen LogP contribution in [0.2, 0.25) is 0 Å². The number of aliphatic hydroxyl groups is 1. The van der Waals surface area contributed by atoms with Gasteiger partial charge in [0.05, 0.1) is 11.8 Å². The van der Waals surface area contributed by atoms with Gasteiger partial charge in [0.15, 0.2) is 0 Å². The van der Waals surface area contributed by atoms with Crippen LogP contribution in [-0.4, -0.2) is 37.0 Å². The second-order valence-electron chi connectivity index (χ2n) is 4.70. The molecule has 0 amide bonds. The minimum atomic E-state index is -3.59. The molecule has 1 atom stereocenters. The van der Waals surface area contributed by atoms with Crippen molar-refractivity contribution in [3.8, 4) is 0 Å². The Labute approximate surface area is 107 Å². The summed E-state index contributed by atoms with van der Waals surface area (Å²) in [5.74, 6) is 0. The summed E-state index contributed by atoms with van der Waals surface area (Å²) in [4.78, 5) is 0.127. The standard InChI is InChI=1S/C12H18N2O3S/c1-9-4-5-12(11(13)7-9)18(16,17)14-6-2-3-10(15)8-14/h4-5,7,10,15H,2-3,6,8,13H2,1H3/t10-/m0/s1. The van der Waals surface area contributed by atoms with Gasteiger partial charge in [-0.2, -0.15) is 4.31 Å². The van der Waals surface area contributed by atoms with Crippen molar-refractivity contribution in [2.45, 2.75) is 30.8 Å². The molecule has 0 saturated carbocycles. The third-order valence-corrected chi connectivity index (χ3v) is 5.08. The first-order valence-electron chi connectivity index (χ1n) is 5.95. The van der Waals surface area contributed by atoms with Crippen LogP contribution in [0.3, 0.4) is 0 Å². The zero-order chi connectivity index (χ0) is 13.3. The first-order chi connectivity index (χ1) is 8.41. The summed E-state index contributed by atoms with van der Waals surface area (Å²) in [7, 11) is -3.59. The Bertz CT molecular complexity index is 542. The van der Waals surface area contributed by atoms with Crippen LogP contribution in [0.25, 0.3) is 0 Å². The largest absolute Gasteiger partial charge is 0.398 e. The quantitative estimate of drug-likeness (QED) is 0.776. The average molecular weight is 270 g/mol. The molecule has 1 saturated heterocycles. The topological polar surface area (TPSA) is 83.6 Å². The van der Waals surface area contributed by atoms with E-state index < -0.39 is 16.1 Å². The molecule has 1 aromatic rings. The van der Waals surface area contributed by atoms with E-state index in [1.54, 1.807) is 12.1 Å². The number of nitrogens with two attached hydrogens (primary N) is 1. The summed E-state index contributed by atoms with van der Waals surface area (Å²) in [6.07, 6.45) is 0.738. The van der Waals surface area contributed by atoms with Crippen molar-refractivity contribution >= 4 is 15.7 Å². The molecule has 0 unspecified atom stereocenters. The third-order valence-electron chi connectivity index (χ3n) is 3.14. The molecule has 0 spiro atoms. The first-order valence-corrected chi connectivity index (χ1v) is 7.39. The lowest BCUT2D eigenvalue weighted by Gasteiger charge is -2.29. The molecular formula is C12H18N2O3S. The van der Waals surface area contributed by atoms with Gasteiger partial charge in [0, 0.05) is 13.1 Å². The fourth-order valence-electron chi connectivity index (χ4n) is 2.18. The van der Waals surface area contributed by atoms with E-state index in [1.807, 2.05) is 6.92 Å². The van der Waals surface area contributed by atoms with Gasteiger partial charge in [-0.3, -0.25) is 0 Å². The van der Waals surface area contributed by atoms with Crippen molar-refractivity contribution < 1.29 is 13.5 Å². The van der Waals surface area contributed by atoms with Gasteiger partial charge in [-0.25, -0.2) is 8.42 Å². The molecule has 1 aliphatic rings. The van der Waals surface area contributed by atoms with Crippen molar-refractivity contribution in [2.75, 3.05) is 18.8 Å². The molecule has 0 bridgehead atoms. The summed E-state index contributed by atoms with van der Waals surface area (Å²) < 4.78 is 26.1. The molecule has 0 radical (unpaired) electrons. The Hall–Kier alpha value is -1.11. The lowest BCUT2D eigenvalue weighted by Crippen LogP contribution is -2.42. The zero-order valence-corrected chi connectivity index (χ0v) is 11.2. The van der Waals surface area contributed by atoms with Crippen LogP contribution in [-0.2, 0) is 10.0 Å². The van der Waals surface area contributed by atoms with Gasteiger partial charge >= 0.3 is 0 Å². The van der Waals surface area contributed by atoms with Crippen LogP contribution >= 0.6 is 0 Å². The number of rotatable bonds is 2. The van der Waals surface area contributed by atoms with Crippen LogP contribution in [0, 0.1) is 6.92 Å². The Morgan fingerprint density at radius 1 is 1.44 bits per heavy atom. The average Bonchev–Trinajstić information content (AvgIpc) is 2.28. The Balaban J connectivity index is 2.35. The second-order valence-corrected chi connectivity index (χ2v) is 6.61. The number of nitrogens with zero attached hydrogens (tertiary/aromatic N) is 1. The minimum Gasteiger partial charge on any atom is -0.398 e. The highest BCUT2D eigenvalue weighted by Gasteiger charge is 2.30. The molecule has 3 N–H and O–H groups in total. The van der Waals surface area contributed by atoms with Crippen molar-refractivity contribution in [2.24, 2.45) is 0 Å². The van der Waals surface area contributed by atoms with E-state index in [-0.39, 0.29) is 17.1 Å². The van der Waals surface area contributed by atoms with Crippen molar-refractivity contribution in [1.82, 2.24) is 4.31 Å². The molecule has 5 nitrogen and oxygen atoms in total. The van der Waals surface area contributed by atoms with Gasteiger partial charge in [-0.1, -0.05) is 6.07 Å². The fraction of sp³-hybridized carbons (Fsp3) is 0.500. The zero-order valence-electron chi connectivity index (χ0n) is 10.3. The summed E-state index contributed by atoms with van der Waals surface area (Å²) in [6, 6.07) is 4.90. The summed E-state index contributed by atoms with van der Waals surface area (Å²) in [5.41, 5.74) is 6.96. The number of sulfonamides is 1. The minimum absolute atomic E-state index is 0.127. The second kappa shape index (κ2) is 4.87. The summed E-state index contributed by atoms with van der Waals surface area (Å²) >= 11 is 0. The number of β-amino-alcohol motifs (C(OH)–C–C–N with tert-alkyl or cyclic N) is 1. The smallest absolute Gasteiger partial charge is 0.245 e. The molecule has 6 heteroatoms. The molecule has 0 aliphatic carbocycles. The number of hydrogen-bond acceptors (Lipinski definition) is 4. The monoisotopic (exact) mass is 270 g/mol. The Kier molecular flexibility index (Phi) is 3.61. The van der Waals surface area contributed by atoms with Gasteiger partial charge in [0.25, 0.3) is 0 Å². The predicted octanol–water partition coefficient (Wildman–Crippen LogP) is 0.723. The lowest BCUT2D eigenvalue weighted by molar-refractivity contribution is 0.108. The van der Waals surface area contributed by atoms with Gasteiger partial charge in [-0.05, 0) is 37.5 Å². The number of piperidine rings is 1. The third kappa shape index (κ3) is 2.50. The van der Waals surface area contributed by atoms with Crippen LogP contribution in [0.4, 0.5) is 5.69 Å². The molecule has 1 aromatic carbocycles. The van der Waals surface area contributed by atoms with Crippen molar-refractivity contribution in [3.63, 3.8) is 0 Å². The van der Waals surface area contributed by atoms with Crippen LogP contribution in [0.15, 0.2) is 23.1 Å². The maximum Gasteiger partial charge on any atom is 0.245 e. The van der Waals surface area contributed by atoms with E-state index in [0.717, 1.165) is 5.56 Å². The van der Waals surface area contributed by atoms with E-state index in [2.05, 4.69) is 0 Å². The number of benzene rings is 1. The van der Waals surface area contributed by atoms with Gasteiger partial charge in [0.1, 0.15) is 4.90 Å². The van der Waals surface area contributed by atoms with E-state index >= 15 is 0 Å². The summed E-state index contributed by atoms with van der Waals surface area (Å²) in [6.45, 7) is 2.44. The molecule has 100 valence electrons. The van der Waals surface area contributed by atoms with Crippen LogP contribution < -0.4 is 5.73 Å². The maximum absolute atomic E-state index is 12.4. The number of aliphatic hydroxyl groups excluding tert-OH is 1. The highest BCUT2D eigenvalue weighted by atomic mass is 32.2. The van der Waals surface area contributed by atoms with Gasteiger partial charge in [-0.15, -0.1) is 0 Å². The SMILES string of the molecule is Cc1ccc(S(=O)(=O)N2CCC[C@H](O)C2)c(N)c1. The number of aryl methyl sites for hydroxylation is 1. The molecule has 18 heavy (non-hydrogen) atoms. The predicted molar refractivity (Wildman–Crippen MR) is 69.6 cm³/mol. The highest BCUT2D eigenvalue weighted by Crippen LogP contribution is 2.25. The molecule has 1 fully saturated rings. The highest BCUT2D eigenvalue weighted by molar-refractivity contribution is 7.89. The van der Waals surface area contributed by atoms with Crippen LogP contribution in [0.1, 0.15) is 18.4 Å². The molecule has 2 rings (SSSR count). The number of hydrogen-bond donors (Lipinski definition) is 2. The molecular weight excluding hydrogens is 252 g/mol. The van der Waals surface area contributed by atoms with Crippen molar-refractivity contribution in [3.05, 3.63) is 23.8 Å². The molecule has 1 aliphatic heterocycles. The summed E-state index contributed by atoms with van der Waals surface area (Å²) in [5, 5.41) is 9.57. The van der Waals surface area contributed by atoms with E-state index in [1.165, 1.54) is 10.4 Å². The maximum atomic E-state index is 12.4. The molecule has 1 heterocycles. The number of nitrogen functional groups attached to an aromatic ring is 1. The van der Waals surface area contributed by atoms with E-state index in [9.17, 15) is 13.5 Å². The van der Waals surface area contributed by atoms with Crippen LogP contribution in [0.5, 0.6) is 0 Å². The van der Waals surface area contributed by atoms with E-state index in [0.29, 0.717) is 19.4 Å². The van der Waals surface area contributed by atoms with Gasteiger partial charge in [0.2, 0.25) is 10.0 Å². The Morgan fingerprint density at radius 3 is 2.78 bits per heavy atom. The molecule has 0 aromatic heterocycles. The van der Waals surface area contributed by atoms with Gasteiger partial charge < -0.3 is 10.8 Å². The lowest BCUT2D eigenvalue weighted by atomic mass is 10.1. The normalized spacial score (nSPS) is 22.0. The van der Waals surface area contributed by atoms with Crippen molar-refractivity contribution in [1.29, 1.82) is 0 Å².